The van der Waals surface area contributed by atoms with Crippen LogP contribution in [-0.2, 0) is 19.2 Å². The fourth-order valence-electron chi connectivity index (χ4n) is 3.77. The Kier molecular flexibility index (Phi) is 17.2. The molecular weight excluding hydrogens is 417 g/mol. The molecule has 8 nitrogen and oxygen atoms in total. The second-order valence-corrected chi connectivity index (χ2v) is 7.08. The first-order chi connectivity index (χ1) is 13.2. The van der Waals surface area contributed by atoms with E-state index < -0.39 is 23.9 Å². The summed E-state index contributed by atoms with van der Waals surface area (Å²) in [6.07, 6.45) is 10.2. The number of carbonyl (C=O) groups excluding carboxylic acids is 4. The van der Waals surface area contributed by atoms with Crippen molar-refractivity contribution >= 4 is 70.0 Å². The van der Waals surface area contributed by atoms with Crippen molar-refractivity contribution in [2.75, 3.05) is 0 Å². The first-order valence-corrected chi connectivity index (χ1v) is 9.50. The van der Waals surface area contributed by atoms with Crippen molar-refractivity contribution in [1.29, 1.82) is 0 Å². The van der Waals surface area contributed by atoms with Gasteiger partial charge in [-0.25, -0.2) is 0 Å². The maximum Gasteiger partial charge on any atom is 2.00 e. The van der Waals surface area contributed by atoms with Crippen LogP contribution in [0.5, 0.6) is 0 Å². The first-order valence-electron chi connectivity index (χ1n) is 9.50. The largest absolute Gasteiger partial charge is 2.00 e. The van der Waals surface area contributed by atoms with Crippen molar-refractivity contribution in [3.05, 3.63) is 23.3 Å². The van der Waals surface area contributed by atoms with Gasteiger partial charge in [-0.1, -0.05) is 38.5 Å². The summed E-state index contributed by atoms with van der Waals surface area (Å²) in [5, 5.41) is 41.9. The minimum atomic E-state index is -1.46. The van der Waals surface area contributed by atoms with E-state index in [-0.39, 0.29) is 69.1 Å². The van der Waals surface area contributed by atoms with Crippen molar-refractivity contribution in [2.45, 2.75) is 64.2 Å². The van der Waals surface area contributed by atoms with Crippen LogP contribution in [0.25, 0.3) is 0 Å². The van der Waals surface area contributed by atoms with E-state index in [0.717, 1.165) is 64.2 Å². The molecule has 0 aromatic rings. The summed E-state index contributed by atoms with van der Waals surface area (Å²) in [5.41, 5.74) is -0.241. The van der Waals surface area contributed by atoms with Gasteiger partial charge in [0.05, 0.1) is 23.9 Å². The molecule has 2 fully saturated rings. The summed E-state index contributed by atoms with van der Waals surface area (Å²) in [7, 11) is 0. The van der Waals surface area contributed by atoms with Crippen molar-refractivity contribution in [3.63, 3.8) is 0 Å². The zero-order valence-corrected chi connectivity index (χ0v) is 19.9. The van der Waals surface area contributed by atoms with Gasteiger partial charge in [-0.2, -0.15) is 0 Å². The van der Waals surface area contributed by atoms with Crippen LogP contribution >= 0.6 is 0 Å². The van der Waals surface area contributed by atoms with Crippen molar-refractivity contribution in [2.24, 2.45) is 11.8 Å². The molecule has 10 heteroatoms. The molecular formula is C20H24Mg2O8. The molecule has 0 spiro atoms. The Morgan fingerprint density at radius 3 is 1.00 bits per heavy atom. The number of carboxylic acid groups (broad SMARTS) is 4. The van der Waals surface area contributed by atoms with Gasteiger partial charge in [0, 0.05) is 0 Å². The predicted octanol–water partition coefficient (Wildman–Crippen LogP) is -2.78. The number of carbonyl (C=O) groups is 4. The molecule has 2 aliphatic carbocycles. The van der Waals surface area contributed by atoms with Gasteiger partial charge in [-0.15, -0.1) is 0 Å². The summed E-state index contributed by atoms with van der Waals surface area (Å²) in [6.45, 7) is 0. The second kappa shape index (κ2) is 16.6. The average molecular weight is 441 g/mol. The van der Waals surface area contributed by atoms with Gasteiger partial charge in [-0.3, -0.25) is 0 Å². The third-order valence-electron chi connectivity index (χ3n) is 5.11. The molecule has 2 saturated carbocycles. The van der Waals surface area contributed by atoms with Crippen LogP contribution in [0.4, 0.5) is 0 Å². The summed E-state index contributed by atoms with van der Waals surface area (Å²) in [6, 6.07) is 0. The van der Waals surface area contributed by atoms with E-state index >= 15 is 0 Å². The SMILES string of the molecule is O=C([O-])/C=C(\C(=O)[O-])C1CCCCC1.O=C([O-])/C=C(\C(=O)[O-])C1CCCCC1.[Mg+2].[Mg+2]. The summed E-state index contributed by atoms with van der Waals surface area (Å²) in [4.78, 5) is 41.9. The van der Waals surface area contributed by atoms with Crippen LogP contribution in [0.15, 0.2) is 23.3 Å². The maximum atomic E-state index is 10.7. The molecule has 0 N–H and O–H groups in total. The normalized spacial score (nSPS) is 18.0. The van der Waals surface area contributed by atoms with Crippen LogP contribution in [0.3, 0.4) is 0 Å². The van der Waals surface area contributed by atoms with E-state index in [4.69, 9.17) is 0 Å². The van der Waals surface area contributed by atoms with Crippen LogP contribution < -0.4 is 20.4 Å². The van der Waals surface area contributed by atoms with Crippen LogP contribution in [-0.4, -0.2) is 70.0 Å². The third kappa shape index (κ3) is 11.9. The average Bonchev–Trinajstić information content (AvgIpc) is 2.65. The van der Waals surface area contributed by atoms with E-state index in [0.29, 0.717) is 12.2 Å². The molecule has 0 saturated heterocycles. The molecule has 0 atom stereocenters. The molecule has 0 radical (unpaired) electrons. The Bertz CT molecular complexity index is 589. The van der Waals surface area contributed by atoms with Crippen molar-refractivity contribution in [1.82, 2.24) is 0 Å². The van der Waals surface area contributed by atoms with E-state index in [2.05, 4.69) is 0 Å². The van der Waals surface area contributed by atoms with Crippen molar-refractivity contribution < 1.29 is 39.6 Å². The van der Waals surface area contributed by atoms with Gasteiger partial charge >= 0.3 is 46.1 Å². The van der Waals surface area contributed by atoms with Gasteiger partial charge in [0.25, 0.3) is 0 Å². The number of carboxylic acids is 4. The molecule has 0 aliphatic heterocycles. The van der Waals surface area contributed by atoms with Gasteiger partial charge in [0.2, 0.25) is 0 Å². The molecule has 2 rings (SSSR count). The van der Waals surface area contributed by atoms with Gasteiger partial charge < -0.3 is 39.6 Å². The Hall–Kier alpha value is -1.11. The number of hydrogen-bond acceptors (Lipinski definition) is 8. The van der Waals surface area contributed by atoms with Crippen molar-refractivity contribution in [3.8, 4) is 0 Å². The summed E-state index contributed by atoms with van der Waals surface area (Å²) < 4.78 is 0. The maximum absolute atomic E-state index is 10.7. The van der Waals surface area contributed by atoms with Gasteiger partial charge in [0.1, 0.15) is 0 Å². The summed E-state index contributed by atoms with van der Waals surface area (Å²) >= 11 is 0. The van der Waals surface area contributed by atoms with Crippen LogP contribution in [0.1, 0.15) is 64.2 Å². The van der Waals surface area contributed by atoms with E-state index in [1.807, 2.05) is 0 Å². The second-order valence-electron chi connectivity index (χ2n) is 7.08. The van der Waals surface area contributed by atoms with Crippen LogP contribution in [0.2, 0.25) is 0 Å². The fourth-order valence-corrected chi connectivity index (χ4v) is 3.77. The molecule has 2 aliphatic rings. The predicted molar refractivity (Wildman–Crippen MR) is 101 cm³/mol. The first kappa shape index (κ1) is 31.1. The third-order valence-corrected chi connectivity index (χ3v) is 5.11. The monoisotopic (exact) mass is 440 g/mol. The molecule has 0 aromatic carbocycles. The molecule has 0 aromatic heterocycles. The smallest absolute Gasteiger partial charge is 0.545 e. The summed E-state index contributed by atoms with van der Waals surface area (Å²) in [5.74, 6) is -6.05. The molecule has 30 heavy (non-hydrogen) atoms. The minimum Gasteiger partial charge on any atom is -0.545 e. The van der Waals surface area contributed by atoms with E-state index in [9.17, 15) is 39.6 Å². The molecule has 156 valence electrons. The molecule has 0 amide bonds. The zero-order chi connectivity index (χ0) is 21.1. The number of rotatable bonds is 6. The standard InChI is InChI=1S/2C10H14O4.2Mg/c2*11-9(12)6-8(10(13)14)7-4-2-1-3-5-7;;/h2*6-7H,1-5H2,(H,11,12)(H,13,14);;/q;;2*+2/p-4/b2*8-6-;;. The quantitative estimate of drug-likeness (QED) is 0.316. The Balaban J connectivity index is 0. The minimum absolute atomic E-state index is 0. The molecule has 0 bridgehead atoms. The van der Waals surface area contributed by atoms with E-state index in [1.165, 1.54) is 0 Å². The Morgan fingerprint density at radius 2 is 0.800 bits per heavy atom. The molecule has 0 unspecified atom stereocenters. The Labute approximate surface area is 208 Å². The topological polar surface area (TPSA) is 161 Å². The molecule has 0 heterocycles. The number of aliphatic carboxylic acids is 4. The van der Waals surface area contributed by atoms with E-state index in [1.54, 1.807) is 0 Å². The van der Waals surface area contributed by atoms with Gasteiger partial charge in [0.15, 0.2) is 0 Å². The Morgan fingerprint density at radius 1 is 0.533 bits per heavy atom. The van der Waals surface area contributed by atoms with Crippen LogP contribution in [0, 0.1) is 11.8 Å². The number of hydrogen-bond donors (Lipinski definition) is 0. The fraction of sp³-hybridized carbons (Fsp3) is 0.600. The zero-order valence-electron chi connectivity index (χ0n) is 17.1. The van der Waals surface area contributed by atoms with Gasteiger partial charge in [-0.05, 0) is 60.8 Å².